The van der Waals surface area contributed by atoms with Crippen molar-refractivity contribution in [1.29, 1.82) is 0 Å². The summed E-state index contributed by atoms with van der Waals surface area (Å²) in [5.74, 6) is -0.816. The molecule has 3 aromatic carbocycles. The predicted molar refractivity (Wildman–Crippen MR) is 150 cm³/mol. The first-order chi connectivity index (χ1) is 19.0. The number of hydrogen-bond acceptors (Lipinski definition) is 7. The molecule has 0 bridgehead atoms. The third kappa shape index (κ3) is 3.99. The summed E-state index contributed by atoms with van der Waals surface area (Å²) in [7, 11) is 0. The Balaban J connectivity index is 1.76. The number of carbonyl (C=O) groups excluding carboxylic acids is 1. The third-order valence-electron chi connectivity index (χ3n) is 7.00. The molecule has 2 unspecified atom stereocenters. The minimum Gasteiger partial charge on any atom is -0.465 e. The summed E-state index contributed by atoms with van der Waals surface area (Å²) in [4.78, 5) is 32.5. The van der Waals surface area contributed by atoms with Gasteiger partial charge in [0.25, 0.3) is 0 Å². The Morgan fingerprint density at radius 1 is 0.949 bits per heavy atom. The first-order valence-electron chi connectivity index (χ1n) is 12.7. The van der Waals surface area contributed by atoms with Gasteiger partial charge in [-0.1, -0.05) is 48.5 Å². The Morgan fingerprint density at radius 2 is 1.62 bits per heavy atom. The molecule has 0 radical (unpaired) electrons. The van der Waals surface area contributed by atoms with Crippen molar-refractivity contribution in [2.45, 2.75) is 19.8 Å². The van der Waals surface area contributed by atoms with E-state index in [9.17, 15) is 9.59 Å². The molecule has 1 aliphatic rings. The van der Waals surface area contributed by atoms with Crippen LogP contribution in [-0.2, 0) is 9.53 Å². The average Bonchev–Trinajstić information content (AvgIpc) is 3.39. The Morgan fingerprint density at radius 3 is 2.28 bits per heavy atom. The van der Waals surface area contributed by atoms with E-state index in [1.165, 1.54) is 4.40 Å². The SMILES string of the molecule is CCOC(=O)C1C(C)=Nc2c(c3nnc(-c4ccc(N)cc4)n3c(=O)n2-c2ccccc2)C1c1ccccc1. The fourth-order valence-corrected chi connectivity index (χ4v) is 5.27. The Bertz CT molecular complexity index is 1770. The Kier molecular flexibility index (Phi) is 6.03. The number of hydrogen-bond donors (Lipinski definition) is 1. The number of rotatable bonds is 5. The maximum atomic E-state index is 14.3. The number of ether oxygens (including phenoxy) is 1. The Labute approximate surface area is 224 Å². The number of nitrogen functional groups attached to an aromatic ring is 1. The number of esters is 1. The summed E-state index contributed by atoms with van der Waals surface area (Å²) in [6.07, 6.45) is 0. The zero-order chi connectivity index (χ0) is 27.1. The molecule has 194 valence electrons. The molecule has 3 heterocycles. The van der Waals surface area contributed by atoms with Gasteiger partial charge < -0.3 is 10.5 Å². The molecule has 0 fully saturated rings. The second kappa shape index (κ2) is 9.68. The van der Waals surface area contributed by atoms with Crippen LogP contribution in [0, 0.1) is 5.92 Å². The molecule has 2 N–H and O–H groups in total. The maximum Gasteiger partial charge on any atom is 0.341 e. The van der Waals surface area contributed by atoms with Gasteiger partial charge in [-0.05, 0) is 55.8 Å². The van der Waals surface area contributed by atoms with Crippen molar-refractivity contribution in [2.75, 3.05) is 12.3 Å². The fraction of sp³-hybridized carbons (Fsp3) is 0.167. The molecule has 0 saturated heterocycles. The number of benzene rings is 3. The highest BCUT2D eigenvalue weighted by atomic mass is 16.5. The molecule has 1 aliphatic heterocycles. The zero-order valence-corrected chi connectivity index (χ0v) is 21.5. The molecule has 5 aromatic rings. The monoisotopic (exact) mass is 518 g/mol. The standard InChI is InChI=1S/C30H26N6O3/c1-3-39-29(37)23-18(2)32-27-25(24(23)19-10-6-4-7-11-19)28-34-33-26(20-14-16-21(31)17-15-20)36(28)30(38)35(27)22-12-8-5-9-13-22/h4-17,23-24H,3,31H2,1-2H3. The summed E-state index contributed by atoms with van der Waals surface area (Å²) < 4.78 is 8.57. The lowest BCUT2D eigenvalue weighted by Crippen LogP contribution is -2.37. The number of anilines is 1. The molecule has 0 amide bonds. The molecule has 2 atom stereocenters. The predicted octanol–water partition coefficient (Wildman–Crippen LogP) is 4.55. The van der Waals surface area contributed by atoms with Crippen LogP contribution in [-0.4, -0.2) is 37.5 Å². The van der Waals surface area contributed by atoms with Crippen molar-refractivity contribution in [1.82, 2.24) is 19.2 Å². The minimum atomic E-state index is -0.706. The summed E-state index contributed by atoms with van der Waals surface area (Å²) in [5, 5.41) is 8.96. The lowest BCUT2D eigenvalue weighted by molar-refractivity contribution is -0.146. The van der Waals surface area contributed by atoms with Gasteiger partial charge in [0.05, 0.1) is 12.3 Å². The minimum absolute atomic E-state index is 0.238. The second-order valence-electron chi connectivity index (χ2n) is 9.37. The van der Waals surface area contributed by atoms with Crippen molar-refractivity contribution in [3.63, 3.8) is 0 Å². The van der Waals surface area contributed by atoms with E-state index in [2.05, 4.69) is 10.2 Å². The number of aromatic nitrogens is 4. The van der Waals surface area contributed by atoms with Crippen LogP contribution in [0.15, 0.2) is 94.7 Å². The van der Waals surface area contributed by atoms with Crippen LogP contribution >= 0.6 is 0 Å². The van der Waals surface area contributed by atoms with Crippen LogP contribution in [0.3, 0.4) is 0 Å². The topological polar surface area (TPSA) is 117 Å². The van der Waals surface area contributed by atoms with E-state index >= 15 is 0 Å². The Hall–Kier alpha value is -5.05. The van der Waals surface area contributed by atoms with E-state index in [1.807, 2.05) is 60.7 Å². The highest BCUT2D eigenvalue weighted by molar-refractivity contribution is 6.05. The lowest BCUT2D eigenvalue weighted by Gasteiger charge is -2.32. The van der Waals surface area contributed by atoms with Gasteiger partial charge in [0, 0.05) is 28.4 Å². The van der Waals surface area contributed by atoms with Crippen molar-refractivity contribution in [3.05, 3.63) is 107 Å². The zero-order valence-electron chi connectivity index (χ0n) is 21.5. The second-order valence-corrected chi connectivity index (χ2v) is 9.37. The van der Waals surface area contributed by atoms with Gasteiger partial charge in [-0.3, -0.25) is 4.79 Å². The van der Waals surface area contributed by atoms with Crippen LogP contribution in [0.4, 0.5) is 11.5 Å². The van der Waals surface area contributed by atoms with Crippen LogP contribution in [0.25, 0.3) is 22.7 Å². The van der Waals surface area contributed by atoms with E-state index in [1.54, 1.807) is 42.7 Å². The number of carbonyl (C=O) groups is 1. The number of para-hydroxylation sites is 1. The quantitative estimate of drug-likeness (QED) is 0.270. The van der Waals surface area contributed by atoms with Crippen molar-refractivity contribution in [2.24, 2.45) is 10.9 Å². The molecule has 0 spiro atoms. The van der Waals surface area contributed by atoms with E-state index in [-0.39, 0.29) is 18.3 Å². The van der Waals surface area contributed by atoms with E-state index in [0.29, 0.717) is 45.5 Å². The van der Waals surface area contributed by atoms with Crippen molar-refractivity contribution >= 4 is 28.8 Å². The van der Waals surface area contributed by atoms with Crippen molar-refractivity contribution in [3.8, 4) is 17.1 Å². The van der Waals surface area contributed by atoms with Gasteiger partial charge in [-0.15, -0.1) is 10.2 Å². The summed E-state index contributed by atoms with van der Waals surface area (Å²) in [5.41, 5.74) is 9.86. The van der Waals surface area contributed by atoms with Crippen LogP contribution in [0.5, 0.6) is 0 Å². The highest BCUT2D eigenvalue weighted by Gasteiger charge is 2.42. The van der Waals surface area contributed by atoms with Crippen molar-refractivity contribution < 1.29 is 9.53 Å². The first-order valence-corrected chi connectivity index (χ1v) is 12.7. The fourth-order valence-electron chi connectivity index (χ4n) is 5.27. The molecular formula is C30H26N6O3. The van der Waals surface area contributed by atoms with Gasteiger partial charge >= 0.3 is 11.7 Å². The van der Waals surface area contributed by atoms with Gasteiger partial charge in [0.1, 0.15) is 11.7 Å². The largest absolute Gasteiger partial charge is 0.465 e. The van der Waals surface area contributed by atoms with Gasteiger partial charge in [0.15, 0.2) is 11.5 Å². The lowest BCUT2D eigenvalue weighted by atomic mass is 9.77. The number of aliphatic imine (C=N–C) groups is 1. The first kappa shape index (κ1) is 24.3. The molecule has 2 aromatic heterocycles. The highest BCUT2D eigenvalue weighted by Crippen LogP contribution is 2.45. The number of nitrogens with two attached hydrogens (primary N) is 1. The molecule has 6 rings (SSSR count). The summed E-state index contributed by atoms with van der Waals surface area (Å²) >= 11 is 0. The van der Waals surface area contributed by atoms with Crippen LogP contribution in [0.1, 0.15) is 30.9 Å². The van der Waals surface area contributed by atoms with E-state index in [4.69, 9.17) is 15.5 Å². The molecule has 0 aliphatic carbocycles. The molecule has 9 nitrogen and oxygen atoms in total. The normalized spacial score (nSPS) is 16.5. The number of nitrogens with zero attached hydrogens (tertiary/aromatic N) is 5. The molecule has 9 heteroatoms. The smallest absolute Gasteiger partial charge is 0.341 e. The van der Waals surface area contributed by atoms with Gasteiger partial charge in [-0.25, -0.2) is 18.8 Å². The maximum absolute atomic E-state index is 14.3. The van der Waals surface area contributed by atoms with Gasteiger partial charge in [-0.2, -0.15) is 0 Å². The molecule has 0 saturated carbocycles. The van der Waals surface area contributed by atoms with Crippen LogP contribution in [0.2, 0.25) is 0 Å². The molecule has 39 heavy (non-hydrogen) atoms. The molecular weight excluding hydrogens is 492 g/mol. The van der Waals surface area contributed by atoms with E-state index in [0.717, 1.165) is 5.56 Å². The van der Waals surface area contributed by atoms with E-state index < -0.39 is 11.8 Å². The summed E-state index contributed by atoms with van der Waals surface area (Å²) in [6, 6.07) is 26.1. The average molecular weight is 519 g/mol. The van der Waals surface area contributed by atoms with Gasteiger partial charge in [0.2, 0.25) is 0 Å². The third-order valence-corrected chi connectivity index (χ3v) is 7.00. The summed E-state index contributed by atoms with van der Waals surface area (Å²) in [6.45, 7) is 3.82. The van der Waals surface area contributed by atoms with Crippen LogP contribution < -0.4 is 11.4 Å². The number of fused-ring (bicyclic) bond motifs is 3.